The molecule has 1 saturated heterocycles. The minimum atomic E-state index is -0.313. The maximum absolute atomic E-state index is 11.5. The zero-order valence-electron chi connectivity index (χ0n) is 7.70. The Labute approximate surface area is 77.9 Å². The van der Waals surface area contributed by atoms with Gasteiger partial charge < -0.3 is 15.3 Å². The van der Waals surface area contributed by atoms with Gasteiger partial charge in [0.2, 0.25) is 0 Å². The lowest BCUT2D eigenvalue weighted by atomic mass is 9.93. The van der Waals surface area contributed by atoms with E-state index in [1.54, 1.807) is 4.90 Å². The van der Waals surface area contributed by atoms with Crippen LogP contribution < -0.4 is 5.32 Å². The van der Waals surface area contributed by atoms with E-state index >= 15 is 0 Å². The molecule has 0 aromatic heterocycles. The first kappa shape index (κ1) is 8.81. The lowest BCUT2D eigenvalue weighted by Crippen LogP contribution is -2.46. The molecule has 2 N–H and O–H groups in total. The van der Waals surface area contributed by atoms with Crippen molar-refractivity contribution in [2.24, 2.45) is 0 Å². The fourth-order valence-electron chi connectivity index (χ4n) is 1.74. The van der Waals surface area contributed by atoms with Crippen LogP contribution >= 0.6 is 0 Å². The molecule has 2 rings (SSSR count). The molecule has 0 bridgehead atoms. The molecule has 1 saturated carbocycles. The third-order valence-electron chi connectivity index (χ3n) is 2.88. The minimum Gasteiger partial charge on any atom is -0.391 e. The van der Waals surface area contributed by atoms with Crippen molar-refractivity contribution in [3.05, 3.63) is 0 Å². The van der Waals surface area contributed by atoms with Gasteiger partial charge in [-0.2, -0.15) is 0 Å². The van der Waals surface area contributed by atoms with Gasteiger partial charge in [0.1, 0.15) is 0 Å². The second-order valence-electron chi connectivity index (χ2n) is 3.97. The van der Waals surface area contributed by atoms with Crippen LogP contribution in [0.5, 0.6) is 0 Å². The van der Waals surface area contributed by atoms with Crippen molar-refractivity contribution < 1.29 is 9.90 Å². The summed E-state index contributed by atoms with van der Waals surface area (Å²) in [5.74, 6) is 0. The highest BCUT2D eigenvalue weighted by Gasteiger charge is 2.27. The second kappa shape index (κ2) is 3.54. The minimum absolute atomic E-state index is 0.00116. The summed E-state index contributed by atoms with van der Waals surface area (Å²) in [4.78, 5) is 13.2. The van der Waals surface area contributed by atoms with Crippen molar-refractivity contribution in [3.8, 4) is 0 Å². The van der Waals surface area contributed by atoms with Gasteiger partial charge in [-0.05, 0) is 25.7 Å². The van der Waals surface area contributed by atoms with Crippen molar-refractivity contribution >= 4 is 6.03 Å². The Balaban J connectivity index is 1.76. The number of β-amino-alcohol motifs (C(OH)–C–C–N with tert-alkyl or cyclic N) is 1. The molecule has 0 radical (unpaired) electrons. The maximum Gasteiger partial charge on any atom is 0.317 e. The van der Waals surface area contributed by atoms with Crippen LogP contribution in [0.15, 0.2) is 0 Å². The predicted molar refractivity (Wildman–Crippen MR) is 48.4 cm³/mol. The molecule has 13 heavy (non-hydrogen) atoms. The van der Waals surface area contributed by atoms with Crippen LogP contribution in [-0.2, 0) is 0 Å². The van der Waals surface area contributed by atoms with Crippen LogP contribution in [0.2, 0.25) is 0 Å². The van der Waals surface area contributed by atoms with E-state index in [4.69, 9.17) is 0 Å². The molecule has 0 aromatic rings. The van der Waals surface area contributed by atoms with Gasteiger partial charge in [0, 0.05) is 19.1 Å². The first-order valence-electron chi connectivity index (χ1n) is 4.99. The first-order chi connectivity index (χ1) is 6.25. The van der Waals surface area contributed by atoms with Gasteiger partial charge in [-0.1, -0.05) is 0 Å². The quantitative estimate of drug-likeness (QED) is 0.616. The fraction of sp³-hybridized carbons (Fsp3) is 0.889. The van der Waals surface area contributed by atoms with Gasteiger partial charge in [-0.3, -0.25) is 0 Å². The summed E-state index contributed by atoms with van der Waals surface area (Å²) in [6, 6.07) is 0.395. The Bertz CT molecular complexity index is 204. The molecule has 2 aliphatic rings. The average Bonchev–Trinajstić information content (AvgIpc) is 2.44. The number of carbonyl (C=O) groups is 1. The number of rotatable bonds is 1. The highest BCUT2D eigenvalue weighted by molar-refractivity contribution is 5.75. The molecule has 1 atom stereocenters. The number of hydrogen-bond donors (Lipinski definition) is 2. The van der Waals surface area contributed by atoms with Crippen molar-refractivity contribution in [1.82, 2.24) is 10.2 Å². The van der Waals surface area contributed by atoms with Crippen molar-refractivity contribution in [2.45, 2.75) is 37.8 Å². The summed E-state index contributed by atoms with van der Waals surface area (Å²) in [5, 5.41) is 12.2. The lowest BCUT2D eigenvalue weighted by molar-refractivity contribution is 0.167. The number of urea groups is 1. The summed E-state index contributed by atoms with van der Waals surface area (Å²) < 4.78 is 0. The van der Waals surface area contributed by atoms with Gasteiger partial charge in [0.25, 0.3) is 0 Å². The molecule has 0 unspecified atom stereocenters. The van der Waals surface area contributed by atoms with E-state index in [1.165, 1.54) is 6.42 Å². The molecule has 0 aromatic carbocycles. The SMILES string of the molecule is O=C(NC1CCC1)N1CC[C@@H](O)C1. The monoisotopic (exact) mass is 184 g/mol. The Kier molecular flexibility index (Phi) is 2.40. The average molecular weight is 184 g/mol. The Morgan fingerprint density at radius 1 is 1.38 bits per heavy atom. The second-order valence-corrected chi connectivity index (χ2v) is 3.97. The first-order valence-corrected chi connectivity index (χ1v) is 4.99. The van der Waals surface area contributed by atoms with E-state index in [9.17, 15) is 9.90 Å². The van der Waals surface area contributed by atoms with E-state index < -0.39 is 0 Å². The molecule has 2 amide bonds. The molecule has 1 heterocycles. The molecular weight excluding hydrogens is 168 g/mol. The van der Waals surface area contributed by atoms with Crippen LogP contribution in [0.4, 0.5) is 4.79 Å². The molecule has 2 fully saturated rings. The number of likely N-dealkylation sites (tertiary alicyclic amines) is 1. The molecule has 4 nitrogen and oxygen atoms in total. The Hall–Kier alpha value is -0.770. The van der Waals surface area contributed by atoms with Crippen molar-refractivity contribution in [3.63, 3.8) is 0 Å². The van der Waals surface area contributed by atoms with Crippen molar-refractivity contribution in [2.75, 3.05) is 13.1 Å². The van der Waals surface area contributed by atoms with Crippen LogP contribution in [0.25, 0.3) is 0 Å². The predicted octanol–water partition coefficient (Wildman–Crippen LogP) is 0.315. The lowest BCUT2D eigenvalue weighted by Gasteiger charge is -2.28. The summed E-state index contributed by atoms with van der Waals surface area (Å²) >= 11 is 0. The zero-order chi connectivity index (χ0) is 9.26. The summed E-state index contributed by atoms with van der Waals surface area (Å²) in [6.45, 7) is 1.19. The molecule has 4 heteroatoms. The topological polar surface area (TPSA) is 52.6 Å². The Morgan fingerprint density at radius 2 is 2.15 bits per heavy atom. The Morgan fingerprint density at radius 3 is 2.62 bits per heavy atom. The highest BCUT2D eigenvalue weighted by atomic mass is 16.3. The van der Waals surface area contributed by atoms with Crippen LogP contribution in [-0.4, -0.2) is 41.3 Å². The smallest absolute Gasteiger partial charge is 0.317 e. The summed E-state index contributed by atoms with van der Waals surface area (Å²) in [6.07, 6.45) is 3.86. The van der Waals surface area contributed by atoms with Crippen LogP contribution in [0.3, 0.4) is 0 Å². The standard InChI is InChI=1S/C9H16N2O2/c12-8-4-5-11(6-8)9(13)10-7-2-1-3-7/h7-8,12H,1-6H2,(H,10,13)/t8-/m1/s1. The molecule has 1 aliphatic heterocycles. The summed E-state index contributed by atoms with van der Waals surface area (Å²) in [5.41, 5.74) is 0. The van der Waals surface area contributed by atoms with Crippen LogP contribution in [0, 0.1) is 0 Å². The zero-order valence-corrected chi connectivity index (χ0v) is 7.70. The largest absolute Gasteiger partial charge is 0.391 e. The van der Waals surface area contributed by atoms with Gasteiger partial charge in [-0.25, -0.2) is 4.79 Å². The van der Waals surface area contributed by atoms with E-state index in [0.717, 1.165) is 19.3 Å². The molecule has 1 aliphatic carbocycles. The number of nitrogens with zero attached hydrogens (tertiary/aromatic N) is 1. The van der Waals surface area contributed by atoms with Gasteiger partial charge >= 0.3 is 6.03 Å². The molecule has 74 valence electrons. The van der Waals surface area contributed by atoms with E-state index in [-0.39, 0.29) is 12.1 Å². The fourth-order valence-corrected chi connectivity index (χ4v) is 1.74. The number of aliphatic hydroxyl groups is 1. The third kappa shape index (κ3) is 1.94. The number of aliphatic hydroxyl groups excluding tert-OH is 1. The number of amides is 2. The number of nitrogens with one attached hydrogen (secondary N) is 1. The van der Waals surface area contributed by atoms with E-state index in [1.807, 2.05) is 0 Å². The van der Waals surface area contributed by atoms with Gasteiger partial charge in [0.15, 0.2) is 0 Å². The molecular formula is C9H16N2O2. The highest BCUT2D eigenvalue weighted by Crippen LogP contribution is 2.19. The third-order valence-corrected chi connectivity index (χ3v) is 2.88. The number of carbonyl (C=O) groups excluding carboxylic acids is 1. The summed E-state index contributed by atoms with van der Waals surface area (Å²) in [7, 11) is 0. The van der Waals surface area contributed by atoms with Gasteiger partial charge in [-0.15, -0.1) is 0 Å². The van der Waals surface area contributed by atoms with E-state index in [0.29, 0.717) is 19.1 Å². The normalized spacial score (nSPS) is 28.7. The number of hydrogen-bond acceptors (Lipinski definition) is 2. The van der Waals surface area contributed by atoms with Gasteiger partial charge in [0.05, 0.1) is 6.10 Å². The van der Waals surface area contributed by atoms with Crippen LogP contribution in [0.1, 0.15) is 25.7 Å². The van der Waals surface area contributed by atoms with E-state index in [2.05, 4.69) is 5.32 Å². The van der Waals surface area contributed by atoms with Crippen molar-refractivity contribution in [1.29, 1.82) is 0 Å². The maximum atomic E-state index is 11.5. The molecule has 0 spiro atoms.